The van der Waals surface area contributed by atoms with E-state index >= 15 is 0 Å². The van der Waals surface area contributed by atoms with Crippen LogP contribution in [-0.2, 0) is 22.7 Å². The van der Waals surface area contributed by atoms with Gasteiger partial charge in [0.05, 0.1) is 0 Å². The maximum atomic E-state index is 12.8. The molecule has 3 amide bonds. The molecule has 1 aromatic rings. The minimum Gasteiger partial charge on any atom is -0.322 e. The molecule has 1 atom stereocenters. The van der Waals surface area contributed by atoms with Crippen LogP contribution in [-0.4, -0.2) is 48.3 Å². The fourth-order valence-electron chi connectivity index (χ4n) is 4.31. The molecule has 1 unspecified atom stereocenters. The highest BCUT2D eigenvalue weighted by Crippen LogP contribution is 2.29. The van der Waals surface area contributed by atoms with Gasteiger partial charge in [-0.15, -0.1) is 0 Å². The van der Waals surface area contributed by atoms with E-state index in [2.05, 4.69) is 22.0 Å². The van der Waals surface area contributed by atoms with Crippen LogP contribution in [0.2, 0.25) is 0 Å². The highest BCUT2D eigenvalue weighted by Gasteiger charge is 2.39. The third-order valence-electron chi connectivity index (χ3n) is 5.89. The van der Waals surface area contributed by atoms with Gasteiger partial charge in [0.1, 0.15) is 6.04 Å². The number of piperidine rings is 2. The lowest BCUT2D eigenvalue weighted by Crippen LogP contribution is -2.52. The number of hydrogen-bond donors (Lipinski definition) is 3. The van der Waals surface area contributed by atoms with Crippen molar-refractivity contribution >= 4 is 17.7 Å². The van der Waals surface area contributed by atoms with Crippen molar-refractivity contribution in [3.05, 3.63) is 34.9 Å². The van der Waals surface area contributed by atoms with Gasteiger partial charge < -0.3 is 15.5 Å². The summed E-state index contributed by atoms with van der Waals surface area (Å²) in [6.07, 6.45) is 3.07. The molecule has 0 radical (unpaired) electrons. The normalized spacial score (nSPS) is 23.5. The van der Waals surface area contributed by atoms with Gasteiger partial charge in [-0.2, -0.15) is 0 Å². The summed E-state index contributed by atoms with van der Waals surface area (Å²) in [6.45, 7) is 4.32. The smallest absolute Gasteiger partial charge is 0.255 e. The quantitative estimate of drug-likeness (QED) is 0.658. The highest BCUT2D eigenvalue weighted by atomic mass is 16.2. The van der Waals surface area contributed by atoms with Gasteiger partial charge in [0.25, 0.3) is 5.91 Å². The molecular formula is C20H26N4O3. The predicted octanol–water partition coefficient (Wildman–Crippen LogP) is 0.537. The highest BCUT2D eigenvalue weighted by molar-refractivity contribution is 6.05. The third kappa shape index (κ3) is 3.75. The Bertz CT molecular complexity index is 758. The molecule has 144 valence electrons. The Kier molecular flexibility index (Phi) is 5.22. The molecule has 3 heterocycles. The second-order valence-electron chi connectivity index (χ2n) is 7.67. The Labute approximate surface area is 158 Å². The topological polar surface area (TPSA) is 90.5 Å². The van der Waals surface area contributed by atoms with Crippen molar-refractivity contribution in [3.8, 4) is 0 Å². The van der Waals surface area contributed by atoms with Gasteiger partial charge in [-0.3, -0.25) is 19.7 Å². The first-order chi connectivity index (χ1) is 13.1. The zero-order valence-electron chi connectivity index (χ0n) is 15.4. The molecule has 3 aliphatic heterocycles. The molecule has 3 N–H and O–H groups in total. The Morgan fingerprint density at radius 2 is 1.93 bits per heavy atom. The number of nitrogens with one attached hydrogen (secondary N) is 3. The number of carbonyl (C=O) groups excluding carboxylic acids is 3. The van der Waals surface area contributed by atoms with Crippen LogP contribution in [0.3, 0.4) is 0 Å². The first-order valence-corrected chi connectivity index (χ1v) is 9.80. The van der Waals surface area contributed by atoms with Crippen molar-refractivity contribution in [1.82, 2.24) is 20.9 Å². The lowest BCUT2D eigenvalue weighted by Gasteiger charge is -2.29. The van der Waals surface area contributed by atoms with Crippen molar-refractivity contribution in [1.29, 1.82) is 0 Å². The van der Waals surface area contributed by atoms with Crippen LogP contribution in [0.4, 0.5) is 0 Å². The molecule has 2 fully saturated rings. The Balaban J connectivity index is 1.42. The molecule has 0 saturated carbocycles. The predicted molar refractivity (Wildman–Crippen MR) is 99.8 cm³/mol. The first-order valence-electron chi connectivity index (χ1n) is 9.80. The maximum absolute atomic E-state index is 12.8. The third-order valence-corrected chi connectivity index (χ3v) is 5.89. The van der Waals surface area contributed by atoms with Gasteiger partial charge in [0.2, 0.25) is 11.8 Å². The van der Waals surface area contributed by atoms with Crippen LogP contribution in [0, 0.1) is 5.92 Å². The summed E-state index contributed by atoms with van der Waals surface area (Å²) < 4.78 is 0. The fourth-order valence-corrected chi connectivity index (χ4v) is 4.31. The lowest BCUT2D eigenvalue weighted by atomic mass is 9.98. The summed E-state index contributed by atoms with van der Waals surface area (Å²) in [5.41, 5.74) is 2.80. The number of imide groups is 1. The lowest BCUT2D eigenvalue weighted by molar-refractivity contribution is -0.136. The number of rotatable bonds is 5. The van der Waals surface area contributed by atoms with Crippen molar-refractivity contribution in [3.63, 3.8) is 0 Å². The first kappa shape index (κ1) is 18.1. The van der Waals surface area contributed by atoms with E-state index in [1.807, 2.05) is 12.1 Å². The number of amides is 3. The maximum Gasteiger partial charge on any atom is 0.255 e. The summed E-state index contributed by atoms with van der Waals surface area (Å²) >= 11 is 0. The van der Waals surface area contributed by atoms with E-state index < -0.39 is 6.04 Å². The number of fused-ring (bicyclic) bond motifs is 1. The van der Waals surface area contributed by atoms with Gasteiger partial charge in [-0.05, 0) is 62.0 Å². The number of nitrogens with zero attached hydrogens (tertiary/aromatic N) is 1. The molecule has 7 nitrogen and oxygen atoms in total. The molecule has 27 heavy (non-hydrogen) atoms. The van der Waals surface area contributed by atoms with Crippen LogP contribution < -0.4 is 16.0 Å². The van der Waals surface area contributed by atoms with E-state index in [9.17, 15) is 14.4 Å². The molecule has 2 saturated heterocycles. The SMILES string of the molecule is O=C1CCC(N2Cc3c(CNCC4CCNCC4)cccc3C2=O)C(=O)N1. The average Bonchev–Trinajstić information content (AvgIpc) is 3.00. The van der Waals surface area contributed by atoms with Crippen molar-refractivity contribution in [2.24, 2.45) is 5.92 Å². The Morgan fingerprint density at radius 3 is 2.70 bits per heavy atom. The summed E-state index contributed by atoms with van der Waals surface area (Å²) in [6, 6.07) is 5.24. The summed E-state index contributed by atoms with van der Waals surface area (Å²) in [4.78, 5) is 38.0. The summed E-state index contributed by atoms with van der Waals surface area (Å²) in [5.74, 6) is -0.0366. The van der Waals surface area contributed by atoms with Gasteiger partial charge in [0.15, 0.2) is 0 Å². The minimum atomic E-state index is -0.557. The summed E-state index contributed by atoms with van der Waals surface area (Å²) in [7, 11) is 0. The number of hydrogen-bond acceptors (Lipinski definition) is 5. The molecule has 0 spiro atoms. The van der Waals surface area contributed by atoms with Crippen molar-refractivity contribution < 1.29 is 14.4 Å². The second kappa shape index (κ2) is 7.78. The molecule has 4 rings (SSSR count). The largest absolute Gasteiger partial charge is 0.322 e. The van der Waals surface area contributed by atoms with Crippen LogP contribution in [0.1, 0.15) is 47.2 Å². The van der Waals surface area contributed by atoms with E-state index in [1.165, 1.54) is 12.8 Å². The summed E-state index contributed by atoms with van der Waals surface area (Å²) in [5, 5.41) is 9.27. The van der Waals surface area contributed by atoms with E-state index in [-0.39, 0.29) is 24.1 Å². The zero-order valence-corrected chi connectivity index (χ0v) is 15.4. The van der Waals surface area contributed by atoms with Crippen molar-refractivity contribution in [2.75, 3.05) is 19.6 Å². The fraction of sp³-hybridized carbons (Fsp3) is 0.550. The van der Waals surface area contributed by atoms with Crippen LogP contribution in [0.25, 0.3) is 0 Å². The molecular weight excluding hydrogens is 344 g/mol. The average molecular weight is 370 g/mol. The molecule has 0 aliphatic carbocycles. The molecule has 0 bridgehead atoms. The van der Waals surface area contributed by atoms with Crippen LogP contribution in [0.15, 0.2) is 18.2 Å². The van der Waals surface area contributed by atoms with Gasteiger partial charge in [-0.25, -0.2) is 0 Å². The van der Waals surface area contributed by atoms with Gasteiger partial charge in [0, 0.05) is 25.1 Å². The molecule has 0 aromatic heterocycles. The minimum absolute atomic E-state index is 0.111. The van der Waals surface area contributed by atoms with E-state index in [1.54, 1.807) is 4.90 Å². The standard InChI is InChI=1S/C20H26N4O3/c25-18-5-4-17(19(26)23-18)24-12-16-14(2-1-3-15(16)20(24)27)11-22-10-13-6-8-21-9-7-13/h1-3,13,17,21-22H,4-12H2,(H,23,25,26). The molecule has 1 aromatic carbocycles. The Hall–Kier alpha value is -2.25. The molecule has 3 aliphatic rings. The van der Waals surface area contributed by atoms with E-state index in [4.69, 9.17) is 0 Å². The van der Waals surface area contributed by atoms with Gasteiger partial charge >= 0.3 is 0 Å². The van der Waals surface area contributed by atoms with E-state index in [0.29, 0.717) is 24.4 Å². The number of benzene rings is 1. The van der Waals surface area contributed by atoms with Gasteiger partial charge in [-0.1, -0.05) is 12.1 Å². The van der Waals surface area contributed by atoms with Crippen LogP contribution in [0.5, 0.6) is 0 Å². The molecule has 7 heteroatoms. The number of carbonyl (C=O) groups is 3. The second-order valence-corrected chi connectivity index (χ2v) is 7.67. The van der Waals surface area contributed by atoms with E-state index in [0.717, 1.165) is 37.3 Å². The van der Waals surface area contributed by atoms with Crippen molar-refractivity contribution in [2.45, 2.75) is 44.8 Å². The Morgan fingerprint density at radius 1 is 1.11 bits per heavy atom. The monoisotopic (exact) mass is 370 g/mol. The zero-order chi connectivity index (χ0) is 18.8. The van der Waals surface area contributed by atoms with Crippen LogP contribution >= 0.6 is 0 Å².